The summed E-state index contributed by atoms with van der Waals surface area (Å²) < 4.78 is 0. The smallest absolute Gasteiger partial charge is 0.242 e. The second kappa shape index (κ2) is 9.26. The van der Waals surface area contributed by atoms with Crippen molar-refractivity contribution in [1.82, 2.24) is 15.1 Å². The maximum Gasteiger partial charge on any atom is 0.242 e. The molecular formula is C18H27IN4O2. The first-order valence-corrected chi connectivity index (χ1v) is 8.78. The first-order chi connectivity index (χ1) is 11.7. The number of nitrogens with one attached hydrogen (secondary N) is 1. The summed E-state index contributed by atoms with van der Waals surface area (Å²) in [7, 11) is 0. The average molecular weight is 458 g/mol. The van der Waals surface area contributed by atoms with Crippen molar-refractivity contribution in [3.63, 3.8) is 0 Å². The normalized spacial score (nSPS) is 18.1. The van der Waals surface area contributed by atoms with Crippen LogP contribution in [0.25, 0.3) is 0 Å². The van der Waals surface area contributed by atoms with Crippen molar-refractivity contribution < 1.29 is 9.90 Å². The molecule has 25 heavy (non-hydrogen) atoms. The molecule has 2 fully saturated rings. The van der Waals surface area contributed by atoms with E-state index in [1.165, 1.54) is 0 Å². The van der Waals surface area contributed by atoms with Gasteiger partial charge in [0.2, 0.25) is 5.91 Å². The van der Waals surface area contributed by atoms with Gasteiger partial charge in [0, 0.05) is 32.2 Å². The number of piperazine rings is 1. The highest BCUT2D eigenvalue weighted by Crippen LogP contribution is 2.28. The van der Waals surface area contributed by atoms with Crippen molar-refractivity contribution in [3.8, 4) is 5.75 Å². The summed E-state index contributed by atoms with van der Waals surface area (Å²) in [6, 6.07) is 7.83. The van der Waals surface area contributed by atoms with Gasteiger partial charge in [-0.1, -0.05) is 18.2 Å². The third-order valence-corrected chi connectivity index (χ3v) is 4.51. The van der Waals surface area contributed by atoms with Crippen LogP contribution in [0.3, 0.4) is 0 Å². The molecular weight excluding hydrogens is 431 g/mol. The van der Waals surface area contributed by atoms with Crippen LogP contribution in [0.15, 0.2) is 29.3 Å². The second-order valence-electron chi connectivity index (χ2n) is 6.35. The molecule has 7 heteroatoms. The van der Waals surface area contributed by atoms with E-state index < -0.39 is 0 Å². The number of rotatable bonds is 5. The quantitative estimate of drug-likeness (QED) is 0.402. The third kappa shape index (κ3) is 5.23. The largest absolute Gasteiger partial charge is 0.508 e. The zero-order chi connectivity index (χ0) is 16.9. The van der Waals surface area contributed by atoms with Crippen molar-refractivity contribution in [2.75, 3.05) is 32.7 Å². The zero-order valence-corrected chi connectivity index (χ0v) is 17.0. The van der Waals surface area contributed by atoms with Gasteiger partial charge in [0.1, 0.15) is 5.75 Å². The highest BCUT2D eigenvalue weighted by Gasteiger charge is 2.36. The molecule has 0 unspecified atom stereocenters. The summed E-state index contributed by atoms with van der Waals surface area (Å²) in [6.45, 7) is 5.39. The minimum Gasteiger partial charge on any atom is -0.508 e. The lowest BCUT2D eigenvalue weighted by Gasteiger charge is -2.36. The number of para-hydroxylation sites is 1. The predicted molar refractivity (Wildman–Crippen MR) is 110 cm³/mol. The van der Waals surface area contributed by atoms with Crippen molar-refractivity contribution in [2.45, 2.75) is 32.2 Å². The van der Waals surface area contributed by atoms with Crippen LogP contribution in [-0.4, -0.2) is 65.5 Å². The van der Waals surface area contributed by atoms with Crippen LogP contribution in [0.2, 0.25) is 0 Å². The number of halogens is 1. The van der Waals surface area contributed by atoms with Gasteiger partial charge in [-0.2, -0.15) is 0 Å². The monoisotopic (exact) mass is 458 g/mol. The van der Waals surface area contributed by atoms with E-state index in [0.717, 1.165) is 44.0 Å². The second-order valence-corrected chi connectivity index (χ2v) is 6.35. The van der Waals surface area contributed by atoms with E-state index >= 15 is 0 Å². The van der Waals surface area contributed by atoms with Crippen molar-refractivity contribution in [2.24, 2.45) is 4.99 Å². The first kappa shape index (κ1) is 19.8. The van der Waals surface area contributed by atoms with E-state index in [4.69, 9.17) is 0 Å². The minimum absolute atomic E-state index is 0. The molecule has 3 rings (SSSR count). The lowest BCUT2D eigenvalue weighted by molar-refractivity contribution is -0.135. The molecule has 0 atom stereocenters. The molecule has 0 spiro atoms. The molecule has 2 aliphatic rings. The van der Waals surface area contributed by atoms with Crippen molar-refractivity contribution in [1.29, 1.82) is 0 Å². The van der Waals surface area contributed by atoms with E-state index in [1.54, 1.807) is 6.07 Å². The van der Waals surface area contributed by atoms with Gasteiger partial charge in [0.05, 0.1) is 6.54 Å². The summed E-state index contributed by atoms with van der Waals surface area (Å²) >= 11 is 0. The van der Waals surface area contributed by atoms with Gasteiger partial charge < -0.3 is 20.2 Å². The van der Waals surface area contributed by atoms with E-state index in [1.807, 2.05) is 34.9 Å². The van der Waals surface area contributed by atoms with E-state index in [9.17, 15) is 9.90 Å². The summed E-state index contributed by atoms with van der Waals surface area (Å²) in [6.07, 6.45) is 2.98. The van der Waals surface area contributed by atoms with Crippen molar-refractivity contribution >= 4 is 35.8 Å². The summed E-state index contributed by atoms with van der Waals surface area (Å²) in [5, 5.41) is 13.1. The Labute approximate surface area is 166 Å². The number of carbonyl (C=O) groups is 1. The predicted octanol–water partition coefficient (Wildman–Crippen LogP) is 1.82. The van der Waals surface area contributed by atoms with Gasteiger partial charge in [0.25, 0.3) is 0 Å². The van der Waals surface area contributed by atoms with Gasteiger partial charge in [-0.05, 0) is 37.8 Å². The number of aliphatic imine (C=N–C) groups is 1. The number of phenols is 1. The molecule has 1 aromatic rings. The molecule has 1 saturated heterocycles. The lowest BCUT2D eigenvalue weighted by Crippen LogP contribution is -2.55. The number of guanidine groups is 1. The number of hydrogen-bond acceptors (Lipinski definition) is 3. The number of hydrogen-bond donors (Lipinski definition) is 2. The molecule has 1 heterocycles. The maximum atomic E-state index is 12.3. The number of benzene rings is 1. The molecule has 0 radical (unpaired) electrons. The highest BCUT2D eigenvalue weighted by atomic mass is 127. The number of phenolic OH excluding ortho intramolecular Hbond substituents is 1. The van der Waals surface area contributed by atoms with Gasteiger partial charge in [0.15, 0.2) is 5.96 Å². The minimum atomic E-state index is 0. The van der Waals surface area contributed by atoms with Crippen LogP contribution in [0, 0.1) is 0 Å². The van der Waals surface area contributed by atoms with Crippen molar-refractivity contribution in [3.05, 3.63) is 29.8 Å². The molecule has 1 amide bonds. The van der Waals surface area contributed by atoms with Gasteiger partial charge in [-0.3, -0.25) is 9.79 Å². The zero-order valence-electron chi connectivity index (χ0n) is 14.6. The Bertz CT molecular complexity index is 619. The molecule has 6 nitrogen and oxygen atoms in total. The Kier molecular flexibility index (Phi) is 7.34. The van der Waals surface area contributed by atoms with Gasteiger partial charge in [-0.25, -0.2) is 0 Å². The summed E-state index contributed by atoms with van der Waals surface area (Å²) in [4.78, 5) is 21.0. The molecule has 1 saturated carbocycles. The summed E-state index contributed by atoms with van der Waals surface area (Å²) in [5.41, 5.74) is 0.895. The topological polar surface area (TPSA) is 68.2 Å². The van der Waals surface area contributed by atoms with Crippen LogP contribution in [-0.2, 0) is 11.2 Å². The molecule has 138 valence electrons. The lowest BCUT2D eigenvalue weighted by atomic mass is 10.1. The number of amides is 1. The van der Waals surface area contributed by atoms with E-state index in [0.29, 0.717) is 31.3 Å². The van der Waals surface area contributed by atoms with E-state index in [-0.39, 0.29) is 29.9 Å². The molecule has 0 aromatic heterocycles. The highest BCUT2D eigenvalue weighted by molar-refractivity contribution is 14.0. The Morgan fingerprint density at radius 3 is 2.72 bits per heavy atom. The van der Waals surface area contributed by atoms with Crippen LogP contribution in [0.5, 0.6) is 5.75 Å². The molecule has 1 aliphatic heterocycles. The Morgan fingerprint density at radius 1 is 1.32 bits per heavy atom. The van der Waals surface area contributed by atoms with Gasteiger partial charge >= 0.3 is 0 Å². The van der Waals surface area contributed by atoms with Crippen LogP contribution < -0.4 is 5.32 Å². The Balaban J connectivity index is 0.00000225. The van der Waals surface area contributed by atoms with Crippen LogP contribution in [0.1, 0.15) is 25.3 Å². The summed E-state index contributed by atoms with van der Waals surface area (Å²) in [5.74, 6) is 1.30. The third-order valence-electron chi connectivity index (χ3n) is 4.51. The first-order valence-electron chi connectivity index (χ1n) is 8.78. The fraction of sp³-hybridized carbons (Fsp3) is 0.556. The maximum absolute atomic E-state index is 12.3. The molecule has 0 bridgehead atoms. The van der Waals surface area contributed by atoms with Gasteiger partial charge in [-0.15, -0.1) is 24.0 Å². The SMILES string of the molecule is CCNC(=NCCc1ccccc1O)N1CCN(C2CC2)C(=O)C1.I. The van der Waals surface area contributed by atoms with E-state index in [2.05, 4.69) is 10.3 Å². The molecule has 2 N–H and O–H groups in total. The Hall–Kier alpha value is -1.51. The molecule has 1 aromatic carbocycles. The standard InChI is InChI=1S/C18H26N4O2.HI/c1-2-19-18(20-10-9-14-5-3-4-6-16(14)23)21-11-12-22(15-7-8-15)17(24)13-21;/h3-6,15,23H,2,7-13H2,1H3,(H,19,20);1H. The number of nitrogens with zero attached hydrogens (tertiary/aromatic N) is 3. The Morgan fingerprint density at radius 2 is 2.08 bits per heavy atom. The fourth-order valence-corrected chi connectivity index (χ4v) is 3.07. The fourth-order valence-electron chi connectivity index (χ4n) is 3.07. The van der Waals surface area contributed by atoms with Crippen LogP contribution >= 0.6 is 24.0 Å². The average Bonchev–Trinajstić information content (AvgIpc) is 3.40. The number of aromatic hydroxyl groups is 1. The number of carbonyl (C=O) groups excluding carboxylic acids is 1. The van der Waals surface area contributed by atoms with Crippen LogP contribution in [0.4, 0.5) is 0 Å². The molecule has 1 aliphatic carbocycles.